The topological polar surface area (TPSA) is 45.2 Å². The SMILES string of the molecule is CCc1ccc(NC(=O)C(c2cccnc2)N(C)C)cc1. The molecular weight excluding hydrogens is 262 g/mol. The van der Waals surface area contributed by atoms with Crippen molar-refractivity contribution < 1.29 is 4.79 Å². The minimum absolute atomic E-state index is 0.0581. The van der Waals surface area contributed by atoms with Gasteiger partial charge in [0.25, 0.3) is 0 Å². The molecule has 1 heterocycles. The van der Waals surface area contributed by atoms with Gasteiger partial charge in [-0.25, -0.2) is 0 Å². The summed E-state index contributed by atoms with van der Waals surface area (Å²) in [6.07, 6.45) is 4.42. The number of hydrogen-bond donors (Lipinski definition) is 1. The molecule has 2 rings (SSSR count). The van der Waals surface area contributed by atoms with Crippen LogP contribution in [0.4, 0.5) is 5.69 Å². The number of rotatable bonds is 5. The molecule has 1 aromatic heterocycles. The number of nitrogens with zero attached hydrogens (tertiary/aromatic N) is 2. The first-order valence-electron chi connectivity index (χ1n) is 7.08. The van der Waals surface area contributed by atoms with E-state index in [-0.39, 0.29) is 11.9 Å². The van der Waals surface area contributed by atoms with Gasteiger partial charge in [0.1, 0.15) is 6.04 Å². The molecule has 1 aromatic carbocycles. The smallest absolute Gasteiger partial charge is 0.246 e. The summed E-state index contributed by atoms with van der Waals surface area (Å²) in [7, 11) is 3.77. The highest BCUT2D eigenvalue weighted by molar-refractivity contribution is 5.95. The number of likely N-dealkylation sites (N-methyl/N-ethyl adjacent to an activating group) is 1. The molecule has 110 valence electrons. The van der Waals surface area contributed by atoms with Gasteiger partial charge in [0.05, 0.1) is 0 Å². The summed E-state index contributed by atoms with van der Waals surface area (Å²) in [4.78, 5) is 18.5. The number of aryl methyl sites for hydroxylation is 1. The van der Waals surface area contributed by atoms with Crippen LogP contribution in [0.25, 0.3) is 0 Å². The summed E-state index contributed by atoms with van der Waals surface area (Å²) in [5.74, 6) is -0.0581. The number of benzene rings is 1. The van der Waals surface area contributed by atoms with E-state index in [1.807, 2.05) is 55.4 Å². The van der Waals surface area contributed by atoms with Gasteiger partial charge in [0, 0.05) is 18.1 Å². The third kappa shape index (κ3) is 3.89. The minimum Gasteiger partial charge on any atom is -0.324 e. The van der Waals surface area contributed by atoms with E-state index >= 15 is 0 Å². The number of amides is 1. The highest BCUT2D eigenvalue weighted by Crippen LogP contribution is 2.20. The molecule has 0 radical (unpaired) electrons. The lowest BCUT2D eigenvalue weighted by Gasteiger charge is -2.23. The van der Waals surface area contributed by atoms with Crippen molar-refractivity contribution in [2.24, 2.45) is 0 Å². The highest BCUT2D eigenvalue weighted by atomic mass is 16.2. The monoisotopic (exact) mass is 283 g/mol. The van der Waals surface area contributed by atoms with Gasteiger partial charge in [0.15, 0.2) is 0 Å². The van der Waals surface area contributed by atoms with E-state index in [9.17, 15) is 4.79 Å². The Morgan fingerprint density at radius 1 is 1.24 bits per heavy atom. The van der Waals surface area contributed by atoms with Gasteiger partial charge in [-0.05, 0) is 49.8 Å². The van der Waals surface area contributed by atoms with Crippen LogP contribution in [0.3, 0.4) is 0 Å². The molecule has 0 saturated heterocycles. The van der Waals surface area contributed by atoms with Gasteiger partial charge in [0.2, 0.25) is 5.91 Å². The number of carbonyl (C=O) groups excluding carboxylic acids is 1. The van der Waals surface area contributed by atoms with Gasteiger partial charge >= 0.3 is 0 Å². The molecule has 0 aliphatic heterocycles. The standard InChI is InChI=1S/C17H21N3O/c1-4-13-7-9-15(10-8-13)19-17(21)16(20(2)3)14-6-5-11-18-12-14/h5-12,16H,4H2,1-3H3,(H,19,21). The molecule has 0 bridgehead atoms. The minimum atomic E-state index is -0.357. The summed E-state index contributed by atoms with van der Waals surface area (Å²) in [5.41, 5.74) is 2.95. The van der Waals surface area contributed by atoms with Gasteiger partial charge in [-0.2, -0.15) is 0 Å². The molecule has 0 spiro atoms. The predicted octanol–water partition coefficient (Wildman–Crippen LogP) is 2.89. The molecule has 1 atom stereocenters. The van der Waals surface area contributed by atoms with Crippen LogP contribution in [0.2, 0.25) is 0 Å². The first kappa shape index (κ1) is 15.2. The van der Waals surface area contributed by atoms with Gasteiger partial charge in [-0.1, -0.05) is 25.1 Å². The van der Waals surface area contributed by atoms with E-state index < -0.39 is 0 Å². The number of nitrogens with one attached hydrogen (secondary N) is 1. The zero-order chi connectivity index (χ0) is 15.2. The van der Waals surface area contributed by atoms with Crippen molar-refractivity contribution in [3.8, 4) is 0 Å². The number of anilines is 1. The second-order valence-corrected chi connectivity index (χ2v) is 5.19. The largest absolute Gasteiger partial charge is 0.324 e. The van der Waals surface area contributed by atoms with Crippen LogP contribution in [0.15, 0.2) is 48.8 Å². The molecule has 1 N–H and O–H groups in total. The highest BCUT2D eigenvalue weighted by Gasteiger charge is 2.23. The quantitative estimate of drug-likeness (QED) is 0.917. The Kier molecular flexibility index (Phi) is 5.06. The van der Waals surface area contributed by atoms with E-state index in [1.165, 1.54) is 5.56 Å². The van der Waals surface area contributed by atoms with Crippen molar-refractivity contribution >= 4 is 11.6 Å². The van der Waals surface area contributed by atoms with Gasteiger partial charge in [-0.15, -0.1) is 0 Å². The number of pyridine rings is 1. The number of carbonyl (C=O) groups is 1. The summed E-state index contributed by atoms with van der Waals surface area (Å²) in [6.45, 7) is 2.11. The van der Waals surface area contributed by atoms with Crippen molar-refractivity contribution in [3.63, 3.8) is 0 Å². The van der Waals surface area contributed by atoms with Crippen LogP contribution < -0.4 is 5.32 Å². The second kappa shape index (κ2) is 6.99. The first-order chi connectivity index (χ1) is 10.1. The van der Waals surface area contributed by atoms with E-state index in [0.29, 0.717) is 0 Å². The van der Waals surface area contributed by atoms with E-state index in [0.717, 1.165) is 17.7 Å². The van der Waals surface area contributed by atoms with Crippen molar-refractivity contribution in [3.05, 3.63) is 59.9 Å². The predicted molar refractivity (Wildman–Crippen MR) is 85.1 cm³/mol. The third-order valence-corrected chi connectivity index (χ3v) is 3.39. The van der Waals surface area contributed by atoms with Gasteiger partial charge < -0.3 is 5.32 Å². The molecule has 21 heavy (non-hydrogen) atoms. The summed E-state index contributed by atoms with van der Waals surface area (Å²) < 4.78 is 0. The summed E-state index contributed by atoms with van der Waals surface area (Å²) in [5, 5.41) is 2.96. The average Bonchev–Trinajstić information content (AvgIpc) is 2.49. The lowest BCUT2D eigenvalue weighted by Crippen LogP contribution is -2.32. The number of aromatic nitrogens is 1. The Labute approximate surface area is 125 Å². The Morgan fingerprint density at radius 2 is 1.95 bits per heavy atom. The summed E-state index contributed by atoms with van der Waals surface area (Å²) >= 11 is 0. The van der Waals surface area contributed by atoms with Crippen molar-refractivity contribution in [1.29, 1.82) is 0 Å². The van der Waals surface area contributed by atoms with Crippen LogP contribution in [0, 0.1) is 0 Å². The Balaban J connectivity index is 2.15. The van der Waals surface area contributed by atoms with Crippen LogP contribution >= 0.6 is 0 Å². The zero-order valence-electron chi connectivity index (χ0n) is 12.7. The third-order valence-electron chi connectivity index (χ3n) is 3.39. The zero-order valence-corrected chi connectivity index (χ0v) is 12.7. The van der Waals surface area contributed by atoms with E-state index in [1.54, 1.807) is 12.4 Å². The fourth-order valence-electron chi connectivity index (χ4n) is 2.26. The normalized spacial score (nSPS) is 12.2. The molecule has 4 heteroatoms. The lowest BCUT2D eigenvalue weighted by atomic mass is 10.1. The van der Waals surface area contributed by atoms with E-state index in [2.05, 4.69) is 17.2 Å². The van der Waals surface area contributed by atoms with Crippen LogP contribution in [-0.2, 0) is 11.2 Å². The molecule has 2 aromatic rings. The molecule has 1 amide bonds. The Bertz CT molecular complexity index is 579. The van der Waals surface area contributed by atoms with Crippen LogP contribution in [-0.4, -0.2) is 29.9 Å². The first-order valence-corrected chi connectivity index (χ1v) is 7.08. The second-order valence-electron chi connectivity index (χ2n) is 5.19. The van der Waals surface area contributed by atoms with Crippen molar-refractivity contribution in [2.45, 2.75) is 19.4 Å². The van der Waals surface area contributed by atoms with Crippen molar-refractivity contribution in [2.75, 3.05) is 19.4 Å². The molecule has 0 aliphatic rings. The van der Waals surface area contributed by atoms with Gasteiger partial charge in [-0.3, -0.25) is 14.7 Å². The van der Waals surface area contributed by atoms with E-state index in [4.69, 9.17) is 0 Å². The molecule has 0 aliphatic carbocycles. The lowest BCUT2D eigenvalue weighted by molar-refractivity contribution is -0.120. The fourth-order valence-corrected chi connectivity index (χ4v) is 2.26. The number of hydrogen-bond acceptors (Lipinski definition) is 3. The maximum atomic E-state index is 12.5. The summed E-state index contributed by atoms with van der Waals surface area (Å²) in [6, 6.07) is 11.3. The Morgan fingerprint density at radius 3 is 2.48 bits per heavy atom. The maximum absolute atomic E-state index is 12.5. The average molecular weight is 283 g/mol. The molecule has 1 unspecified atom stereocenters. The van der Waals surface area contributed by atoms with Crippen LogP contribution in [0.5, 0.6) is 0 Å². The fraction of sp³-hybridized carbons (Fsp3) is 0.294. The molecular formula is C17H21N3O. The maximum Gasteiger partial charge on any atom is 0.246 e. The molecule has 0 saturated carbocycles. The molecule has 0 fully saturated rings. The van der Waals surface area contributed by atoms with Crippen molar-refractivity contribution in [1.82, 2.24) is 9.88 Å². The van der Waals surface area contributed by atoms with Crippen LogP contribution in [0.1, 0.15) is 24.1 Å². The Hall–Kier alpha value is -2.20. The molecule has 4 nitrogen and oxygen atoms in total.